The van der Waals surface area contributed by atoms with Crippen LogP contribution in [0.2, 0.25) is 0 Å². The molecule has 0 aliphatic carbocycles. The van der Waals surface area contributed by atoms with Crippen molar-refractivity contribution in [3.8, 4) is 0 Å². The van der Waals surface area contributed by atoms with Gasteiger partial charge in [-0.3, -0.25) is 0 Å². The standard InChI is InChI=1S/C12H9F2NO3/c13-8-2-1-3-9(11(8)14)15-6-10-7(12(16)17)4-5-18-10/h1-5,15H,6H2,(H,16,17). The molecule has 0 atom stereocenters. The van der Waals surface area contributed by atoms with Gasteiger partial charge in [-0.25, -0.2) is 13.6 Å². The Kier molecular flexibility index (Phi) is 3.27. The molecule has 0 fully saturated rings. The molecule has 2 aromatic rings. The van der Waals surface area contributed by atoms with Crippen LogP contribution in [0.4, 0.5) is 14.5 Å². The third kappa shape index (κ3) is 2.32. The van der Waals surface area contributed by atoms with E-state index in [0.717, 1.165) is 6.07 Å². The number of hydrogen-bond acceptors (Lipinski definition) is 3. The monoisotopic (exact) mass is 253 g/mol. The van der Waals surface area contributed by atoms with E-state index in [4.69, 9.17) is 9.52 Å². The third-order valence-electron chi connectivity index (χ3n) is 2.37. The molecule has 0 bridgehead atoms. The van der Waals surface area contributed by atoms with Crippen molar-refractivity contribution in [3.63, 3.8) is 0 Å². The lowest BCUT2D eigenvalue weighted by Crippen LogP contribution is -2.06. The van der Waals surface area contributed by atoms with Crippen molar-refractivity contribution in [1.82, 2.24) is 0 Å². The van der Waals surface area contributed by atoms with Crippen LogP contribution < -0.4 is 5.32 Å². The van der Waals surface area contributed by atoms with Crippen LogP contribution in [0.15, 0.2) is 34.9 Å². The van der Waals surface area contributed by atoms with Gasteiger partial charge < -0.3 is 14.8 Å². The fourth-order valence-electron chi connectivity index (χ4n) is 1.48. The van der Waals surface area contributed by atoms with Crippen molar-refractivity contribution < 1.29 is 23.1 Å². The van der Waals surface area contributed by atoms with E-state index in [9.17, 15) is 13.6 Å². The van der Waals surface area contributed by atoms with Crippen LogP contribution in [0, 0.1) is 11.6 Å². The lowest BCUT2D eigenvalue weighted by atomic mass is 10.2. The molecule has 4 nitrogen and oxygen atoms in total. The molecule has 6 heteroatoms. The van der Waals surface area contributed by atoms with E-state index < -0.39 is 17.6 Å². The highest BCUT2D eigenvalue weighted by atomic mass is 19.2. The number of halogens is 2. The molecule has 0 saturated heterocycles. The Labute approximate surface area is 101 Å². The summed E-state index contributed by atoms with van der Waals surface area (Å²) in [6, 6.07) is 4.99. The number of furan rings is 1. The first-order chi connectivity index (χ1) is 8.59. The number of aromatic carboxylic acids is 1. The zero-order valence-electron chi connectivity index (χ0n) is 9.11. The minimum absolute atomic E-state index is 0.0145. The average molecular weight is 253 g/mol. The molecule has 1 aromatic carbocycles. The molecule has 0 radical (unpaired) electrons. The first-order valence-corrected chi connectivity index (χ1v) is 5.07. The molecule has 0 amide bonds. The van der Waals surface area contributed by atoms with Crippen LogP contribution in [-0.2, 0) is 6.54 Å². The van der Waals surface area contributed by atoms with Crippen LogP contribution in [0.1, 0.15) is 16.1 Å². The Morgan fingerprint density at radius 2 is 2.11 bits per heavy atom. The van der Waals surface area contributed by atoms with Crippen LogP contribution in [-0.4, -0.2) is 11.1 Å². The highest BCUT2D eigenvalue weighted by Crippen LogP contribution is 2.18. The predicted octanol–water partition coefficient (Wildman–Crippen LogP) is 2.87. The fourth-order valence-corrected chi connectivity index (χ4v) is 1.48. The van der Waals surface area contributed by atoms with Crippen molar-refractivity contribution in [2.45, 2.75) is 6.54 Å². The Bertz CT molecular complexity index is 580. The van der Waals surface area contributed by atoms with Gasteiger partial charge >= 0.3 is 5.97 Å². The maximum Gasteiger partial charge on any atom is 0.339 e. The quantitative estimate of drug-likeness (QED) is 0.879. The molecule has 1 heterocycles. The van der Waals surface area contributed by atoms with E-state index in [-0.39, 0.29) is 23.6 Å². The number of rotatable bonds is 4. The summed E-state index contributed by atoms with van der Waals surface area (Å²) < 4.78 is 31.2. The van der Waals surface area contributed by atoms with E-state index in [1.807, 2.05) is 0 Å². The third-order valence-corrected chi connectivity index (χ3v) is 2.37. The summed E-state index contributed by atoms with van der Waals surface area (Å²) in [6.45, 7) is -0.0466. The van der Waals surface area contributed by atoms with E-state index in [0.29, 0.717) is 0 Å². The van der Waals surface area contributed by atoms with Gasteiger partial charge in [0, 0.05) is 0 Å². The van der Waals surface area contributed by atoms with Gasteiger partial charge in [0.2, 0.25) is 0 Å². The zero-order valence-corrected chi connectivity index (χ0v) is 9.11. The number of hydrogen-bond donors (Lipinski definition) is 2. The van der Waals surface area contributed by atoms with Crippen molar-refractivity contribution in [1.29, 1.82) is 0 Å². The number of carboxylic acid groups (broad SMARTS) is 1. The normalized spacial score (nSPS) is 10.3. The molecule has 2 rings (SSSR count). The smallest absolute Gasteiger partial charge is 0.339 e. The Morgan fingerprint density at radius 3 is 2.83 bits per heavy atom. The van der Waals surface area contributed by atoms with Gasteiger partial charge in [0.1, 0.15) is 11.3 Å². The molecular weight excluding hydrogens is 244 g/mol. The van der Waals surface area contributed by atoms with Crippen LogP contribution in [0.5, 0.6) is 0 Å². The lowest BCUT2D eigenvalue weighted by molar-refractivity contribution is 0.0694. The number of benzene rings is 1. The van der Waals surface area contributed by atoms with Gasteiger partial charge in [0.05, 0.1) is 18.5 Å². The van der Waals surface area contributed by atoms with E-state index >= 15 is 0 Å². The predicted molar refractivity (Wildman–Crippen MR) is 59.4 cm³/mol. The molecule has 18 heavy (non-hydrogen) atoms. The summed E-state index contributed by atoms with van der Waals surface area (Å²) in [5.74, 6) is -2.98. The molecule has 0 unspecified atom stereocenters. The molecule has 0 saturated carbocycles. The second-order valence-corrected chi connectivity index (χ2v) is 3.52. The summed E-state index contributed by atoms with van der Waals surface area (Å²) in [5, 5.41) is 11.4. The topological polar surface area (TPSA) is 62.5 Å². The highest BCUT2D eigenvalue weighted by molar-refractivity contribution is 5.88. The first-order valence-electron chi connectivity index (χ1n) is 5.07. The highest BCUT2D eigenvalue weighted by Gasteiger charge is 2.14. The summed E-state index contributed by atoms with van der Waals surface area (Å²) >= 11 is 0. The van der Waals surface area contributed by atoms with Gasteiger partial charge in [-0.1, -0.05) is 6.07 Å². The fraction of sp³-hybridized carbons (Fsp3) is 0.0833. The van der Waals surface area contributed by atoms with E-state index in [1.54, 1.807) is 0 Å². The first kappa shape index (κ1) is 12.1. The number of carbonyl (C=O) groups is 1. The second-order valence-electron chi connectivity index (χ2n) is 3.52. The minimum atomic E-state index is -1.14. The minimum Gasteiger partial charge on any atom is -0.478 e. The number of anilines is 1. The van der Waals surface area contributed by atoms with E-state index in [2.05, 4.69) is 5.32 Å². The van der Waals surface area contributed by atoms with Gasteiger partial charge in [-0.05, 0) is 18.2 Å². The maximum atomic E-state index is 13.3. The zero-order chi connectivity index (χ0) is 13.1. The second kappa shape index (κ2) is 4.87. The molecule has 94 valence electrons. The molecule has 0 aliphatic heterocycles. The van der Waals surface area contributed by atoms with Crippen molar-refractivity contribution >= 4 is 11.7 Å². The Balaban J connectivity index is 2.14. The van der Waals surface area contributed by atoms with Crippen LogP contribution >= 0.6 is 0 Å². The molecule has 0 spiro atoms. The lowest BCUT2D eigenvalue weighted by Gasteiger charge is -2.06. The summed E-state index contributed by atoms with van der Waals surface area (Å²) in [4.78, 5) is 10.8. The van der Waals surface area contributed by atoms with Crippen molar-refractivity contribution in [3.05, 3.63) is 53.5 Å². The van der Waals surface area contributed by atoms with Gasteiger partial charge in [-0.2, -0.15) is 0 Å². The largest absolute Gasteiger partial charge is 0.478 e. The van der Waals surface area contributed by atoms with Crippen molar-refractivity contribution in [2.75, 3.05) is 5.32 Å². The maximum absolute atomic E-state index is 13.3. The SMILES string of the molecule is O=C(O)c1ccoc1CNc1cccc(F)c1F. The molecule has 0 aliphatic rings. The van der Waals surface area contributed by atoms with Crippen LogP contribution in [0.25, 0.3) is 0 Å². The molecular formula is C12H9F2NO3. The summed E-state index contributed by atoms with van der Waals surface area (Å²) in [7, 11) is 0. The molecule has 1 aromatic heterocycles. The van der Waals surface area contributed by atoms with Crippen molar-refractivity contribution in [2.24, 2.45) is 0 Å². The van der Waals surface area contributed by atoms with Gasteiger partial charge in [0.25, 0.3) is 0 Å². The molecule has 2 N–H and O–H groups in total. The van der Waals surface area contributed by atoms with Gasteiger partial charge in [-0.15, -0.1) is 0 Å². The van der Waals surface area contributed by atoms with E-state index in [1.165, 1.54) is 24.5 Å². The number of nitrogens with one attached hydrogen (secondary N) is 1. The average Bonchev–Trinajstić information content (AvgIpc) is 2.79. The summed E-state index contributed by atoms with van der Waals surface area (Å²) in [5.41, 5.74) is -0.0675. The van der Waals surface area contributed by atoms with Gasteiger partial charge in [0.15, 0.2) is 11.6 Å². The van der Waals surface area contributed by atoms with Crippen LogP contribution in [0.3, 0.4) is 0 Å². The Morgan fingerprint density at radius 1 is 1.33 bits per heavy atom. The summed E-state index contributed by atoms with van der Waals surface area (Å²) in [6.07, 6.45) is 1.22. The Hall–Kier alpha value is -2.37. The number of carboxylic acids is 1.